The van der Waals surface area contributed by atoms with Crippen LogP contribution in [0.3, 0.4) is 0 Å². The van der Waals surface area contributed by atoms with E-state index >= 15 is 0 Å². The van der Waals surface area contributed by atoms with Crippen molar-refractivity contribution in [3.8, 4) is 0 Å². The molecule has 2 fully saturated rings. The zero-order chi connectivity index (χ0) is 13.1. The van der Waals surface area contributed by atoms with Gasteiger partial charge in [0.25, 0.3) is 0 Å². The van der Waals surface area contributed by atoms with Crippen molar-refractivity contribution in [3.63, 3.8) is 0 Å². The van der Waals surface area contributed by atoms with Gasteiger partial charge in [-0.1, -0.05) is 13.8 Å². The quantitative estimate of drug-likeness (QED) is 0.818. The number of hydrogen-bond acceptors (Lipinski definition) is 3. The molecule has 0 unspecified atom stereocenters. The summed E-state index contributed by atoms with van der Waals surface area (Å²) in [5.74, 6) is 0.374. The second kappa shape index (κ2) is 6.02. The molecule has 0 spiro atoms. The van der Waals surface area contributed by atoms with E-state index in [1.54, 1.807) is 0 Å². The largest absolute Gasteiger partial charge is 0.341 e. The molecule has 4 heteroatoms. The summed E-state index contributed by atoms with van der Waals surface area (Å²) in [6.07, 6.45) is 4.93. The first kappa shape index (κ1) is 13.8. The van der Waals surface area contributed by atoms with Crippen molar-refractivity contribution in [3.05, 3.63) is 0 Å². The summed E-state index contributed by atoms with van der Waals surface area (Å²) in [7, 11) is 0. The Balaban J connectivity index is 1.80. The predicted molar refractivity (Wildman–Crippen MR) is 73.2 cm³/mol. The number of likely N-dealkylation sites (tertiary alicyclic amines) is 2. The summed E-state index contributed by atoms with van der Waals surface area (Å²) in [6, 6.07) is 0.375. The van der Waals surface area contributed by atoms with Crippen LogP contribution in [0.2, 0.25) is 0 Å². The lowest BCUT2D eigenvalue weighted by atomic mass is 9.99. The molecule has 0 saturated carbocycles. The highest BCUT2D eigenvalue weighted by Crippen LogP contribution is 2.21. The van der Waals surface area contributed by atoms with Crippen LogP contribution in [0.4, 0.5) is 0 Å². The van der Waals surface area contributed by atoms with Gasteiger partial charge in [-0.3, -0.25) is 4.79 Å². The summed E-state index contributed by atoms with van der Waals surface area (Å²) < 4.78 is 0. The summed E-state index contributed by atoms with van der Waals surface area (Å²) in [5.41, 5.74) is 5.95. The monoisotopic (exact) mass is 253 g/mol. The maximum atomic E-state index is 12.2. The van der Waals surface area contributed by atoms with Gasteiger partial charge in [0, 0.05) is 19.1 Å². The van der Waals surface area contributed by atoms with Gasteiger partial charge in [0.1, 0.15) is 0 Å². The fraction of sp³-hybridized carbons (Fsp3) is 0.929. The zero-order valence-corrected chi connectivity index (χ0v) is 11.8. The van der Waals surface area contributed by atoms with Gasteiger partial charge >= 0.3 is 0 Å². The van der Waals surface area contributed by atoms with Crippen molar-refractivity contribution in [2.75, 3.05) is 26.2 Å². The lowest BCUT2D eigenvalue weighted by molar-refractivity contribution is -0.135. The summed E-state index contributed by atoms with van der Waals surface area (Å²) in [6.45, 7) is 8.31. The third-order valence-corrected chi connectivity index (χ3v) is 4.44. The van der Waals surface area contributed by atoms with E-state index in [4.69, 9.17) is 5.73 Å². The first-order valence-corrected chi connectivity index (χ1v) is 7.38. The summed E-state index contributed by atoms with van der Waals surface area (Å²) >= 11 is 0. The van der Waals surface area contributed by atoms with Gasteiger partial charge in [-0.2, -0.15) is 0 Å². The van der Waals surface area contributed by atoms with Gasteiger partial charge in [-0.15, -0.1) is 0 Å². The lowest BCUT2D eigenvalue weighted by Gasteiger charge is -2.38. The molecule has 2 aliphatic heterocycles. The molecule has 2 heterocycles. The van der Waals surface area contributed by atoms with Gasteiger partial charge in [0.2, 0.25) is 5.91 Å². The Morgan fingerprint density at radius 1 is 1.11 bits per heavy atom. The van der Waals surface area contributed by atoms with Crippen LogP contribution in [0.1, 0.15) is 39.5 Å². The fourth-order valence-corrected chi connectivity index (χ4v) is 3.05. The van der Waals surface area contributed by atoms with E-state index in [9.17, 15) is 4.79 Å². The second-order valence-electron chi connectivity index (χ2n) is 6.07. The minimum absolute atomic E-state index is 0.143. The molecule has 2 N–H and O–H groups in total. The molecule has 0 aromatic rings. The molecule has 1 amide bonds. The molecule has 0 aliphatic carbocycles. The van der Waals surface area contributed by atoms with E-state index in [1.165, 1.54) is 25.9 Å². The minimum Gasteiger partial charge on any atom is -0.341 e. The van der Waals surface area contributed by atoms with Crippen molar-refractivity contribution < 1.29 is 4.79 Å². The Morgan fingerprint density at radius 3 is 2.17 bits per heavy atom. The van der Waals surface area contributed by atoms with Crippen molar-refractivity contribution in [1.29, 1.82) is 0 Å². The molecule has 1 atom stereocenters. The van der Waals surface area contributed by atoms with Crippen LogP contribution < -0.4 is 5.73 Å². The zero-order valence-electron chi connectivity index (χ0n) is 11.8. The van der Waals surface area contributed by atoms with Crippen LogP contribution in [-0.4, -0.2) is 54.0 Å². The first-order chi connectivity index (χ1) is 8.59. The Bertz CT molecular complexity index is 279. The Kier molecular flexibility index (Phi) is 4.62. The van der Waals surface area contributed by atoms with Crippen LogP contribution in [-0.2, 0) is 4.79 Å². The molecule has 0 bridgehead atoms. The molecule has 0 aromatic carbocycles. The number of amides is 1. The molecule has 4 nitrogen and oxygen atoms in total. The molecule has 0 aromatic heterocycles. The molecule has 18 heavy (non-hydrogen) atoms. The van der Waals surface area contributed by atoms with Crippen LogP contribution >= 0.6 is 0 Å². The SMILES string of the molecule is CC(C)[C@H](N)C(=O)N1CCC(N2CCCC2)CC1. The molecule has 2 aliphatic rings. The molecular weight excluding hydrogens is 226 g/mol. The van der Waals surface area contributed by atoms with Crippen molar-refractivity contribution in [2.45, 2.75) is 51.6 Å². The predicted octanol–water partition coefficient (Wildman–Crippen LogP) is 1.06. The van der Waals surface area contributed by atoms with E-state index < -0.39 is 0 Å². The van der Waals surface area contributed by atoms with Gasteiger partial charge in [0.15, 0.2) is 0 Å². The molecule has 2 rings (SSSR count). The smallest absolute Gasteiger partial charge is 0.239 e. The standard InChI is InChI=1S/C14H27N3O/c1-11(2)13(15)14(18)17-9-5-12(6-10-17)16-7-3-4-8-16/h11-13H,3-10,15H2,1-2H3/t13-/m0/s1. The normalized spacial score (nSPS) is 24.8. The highest BCUT2D eigenvalue weighted by atomic mass is 16.2. The number of carbonyl (C=O) groups excluding carboxylic acids is 1. The molecule has 0 radical (unpaired) electrons. The van der Waals surface area contributed by atoms with Crippen molar-refractivity contribution in [1.82, 2.24) is 9.80 Å². The maximum absolute atomic E-state index is 12.2. The fourth-order valence-electron chi connectivity index (χ4n) is 3.05. The average Bonchev–Trinajstić information content (AvgIpc) is 2.91. The van der Waals surface area contributed by atoms with Gasteiger partial charge < -0.3 is 15.5 Å². The Morgan fingerprint density at radius 2 is 1.67 bits per heavy atom. The average molecular weight is 253 g/mol. The van der Waals surface area contributed by atoms with E-state index in [0.29, 0.717) is 6.04 Å². The van der Waals surface area contributed by atoms with Crippen LogP contribution in [0, 0.1) is 5.92 Å². The molecule has 104 valence electrons. The van der Waals surface area contributed by atoms with E-state index in [2.05, 4.69) is 4.90 Å². The van der Waals surface area contributed by atoms with Crippen LogP contribution in [0.15, 0.2) is 0 Å². The molecule has 2 saturated heterocycles. The van der Waals surface area contributed by atoms with Crippen LogP contribution in [0.5, 0.6) is 0 Å². The highest BCUT2D eigenvalue weighted by Gasteiger charge is 2.30. The third kappa shape index (κ3) is 3.04. The van der Waals surface area contributed by atoms with E-state index in [-0.39, 0.29) is 17.9 Å². The van der Waals surface area contributed by atoms with Crippen molar-refractivity contribution >= 4 is 5.91 Å². The minimum atomic E-state index is -0.326. The first-order valence-electron chi connectivity index (χ1n) is 7.38. The van der Waals surface area contributed by atoms with E-state index in [1.807, 2.05) is 18.7 Å². The maximum Gasteiger partial charge on any atom is 0.239 e. The number of nitrogens with zero attached hydrogens (tertiary/aromatic N) is 2. The third-order valence-electron chi connectivity index (χ3n) is 4.44. The van der Waals surface area contributed by atoms with Crippen molar-refractivity contribution in [2.24, 2.45) is 11.7 Å². The summed E-state index contributed by atoms with van der Waals surface area (Å²) in [5, 5.41) is 0. The Labute approximate surface area is 110 Å². The van der Waals surface area contributed by atoms with Gasteiger partial charge in [-0.25, -0.2) is 0 Å². The lowest BCUT2D eigenvalue weighted by Crippen LogP contribution is -2.52. The highest BCUT2D eigenvalue weighted by molar-refractivity contribution is 5.82. The topological polar surface area (TPSA) is 49.6 Å². The summed E-state index contributed by atoms with van der Waals surface area (Å²) in [4.78, 5) is 16.7. The molecular formula is C14H27N3O. The van der Waals surface area contributed by atoms with Crippen LogP contribution in [0.25, 0.3) is 0 Å². The number of piperidine rings is 1. The van der Waals surface area contributed by atoms with E-state index in [0.717, 1.165) is 25.9 Å². The number of nitrogens with two attached hydrogens (primary N) is 1. The Hall–Kier alpha value is -0.610. The second-order valence-corrected chi connectivity index (χ2v) is 6.07. The number of rotatable bonds is 3. The number of hydrogen-bond donors (Lipinski definition) is 1. The van der Waals surface area contributed by atoms with Gasteiger partial charge in [-0.05, 0) is 44.7 Å². The van der Waals surface area contributed by atoms with Gasteiger partial charge in [0.05, 0.1) is 6.04 Å². The number of carbonyl (C=O) groups is 1.